The van der Waals surface area contributed by atoms with Gasteiger partial charge >= 0.3 is 5.97 Å². The highest BCUT2D eigenvalue weighted by molar-refractivity contribution is 9.08. The van der Waals surface area contributed by atoms with Crippen molar-refractivity contribution in [1.82, 2.24) is 0 Å². The number of halogens is 1. The predicted octanol–water partition coefficient (Wildman–Crippen LogP) is 5.13. The van der Waals surface area contributed by atoms with E-state index >= 15 is 0 Å². The lowest BCUT2D eigenvalue weighted by molar-refractivity contribution is -0.155. The Hall–Kier alpha value is -0.830. The molecule has 0 radical (unpaired) electrons. The summed E-state index contributed by atoms with van der Waals surface area (Å²) in [7, 11) is 0. The molecule has 0 N–H and O–H groups in total. The summed E-state index contributed by atoms with van der Waals surface area (Å²) in [6.07, 6.45) is 5.79. The van der Waals surface area contributed by atoms with E-state index in [2.05, 4.69) is 40.2 Å². The minimum absolute atomic E-state index is 0.157. The molecular formula is C18H25BrO2. The van der Waals surface area contributed by atoms with E-state index in [1.807, 2.05) is 13.8 Å². The van der Waals surface area contributed by atoms with Crippen LogP contribution >= 0.6 is 15.9 Å². The van der Waals surface area contributed by atoms with Gasteiger partial charge < -0.3 is 4.74 Å². The van der Waals surface area contributed by atoms with Crippen molar-refractivity contribution in [3.63, 3.8) is 0 Å². The molecule has 3 heteroatoms. The molecule has 1 aliphatic carbocycles. The minimum Gasteiger partial charge on any atom is -0.460 e. The first-order valence-electron chi connectivity index (χ1n) is 7.72. The molecule has 1 aromatic rings. The summed E-state index contributed by atoms with van der Waals surface area (Å²) >= 11 is 3.50. The maximum Gasteiger partial charge on any atom is 0.303 e. The zero-order chi connectivity index (χ0) is 15.5. The highest BCUT2D eigenvalue weighted by Crippen LogP contribution is 2.47. The molecule has 0 aliphatic heterocycles. The summed E-state index contributed by atoms with van der Waals surface area (Å²) in [6, 6.07) is 8.91. The van der Waals surface area contributed by atoms with E-state index in [0.29, 0.717) is 0 Å². The smallest absolute Gasteiger partial charge is 0.303 e. The second-order valence-corrected chi connectivity index (χ2v) is 7.41. The number of benzene rings is 1. The van der Waals surface area contributed by atoms with Gasteiger partial charge in [0.05, 0.1) is 0 Å². The Labute approximate surface area is 136 Å². The summed E-state index contributed by atoms with van der Waals surface area (Å²) in [5.74, 6) is -0.192. The second-order valence-electron chi connectivity index (χ2n) is 6.85. The molecule has 0 heterocycles. The molecule has 0 unspecified atom stereocenters. The van der Waals surface area contributed by atoms with Gasteiger partial charge in [-0.05, 0) is 49.7 Å². The maximum absolute atomic E-state index is 11.3. The van der Waals surface area contributed by atoms with Crippen molar-refractivity contribution in [2.45, 2.75) is 69.2 Å². The fraction of sp³-hybridized carbons (Fsp3) is 0.611. The van der Waals surface area contributed by atoms with Crippen LogP contribution in [-0.2, 0) is 20.3 Å². The van der Waals surface area contributed by atoms with Crippen LogP contribution in [0.1, 0.15) is 64.0 Å². The molecule has 0 bridgehead atoms. The van der Waals surface area contributed by atoms with E-state index in [-0.39, 0.29) is 11.4 Å². The Balaban J connectivity index is 2.25. The first-order chi connectivity index (χ1) is 9.87. The van der Waals surface area contributed by atoms with Gasteiger partial charge in [-0.1, -0.05) is 53.0 Å². The average Bonchev–Trinajstić information content (AvgIpc) is 2.86. The zero-order valence-electron chi connectivity index (χ0n) is 13.2. The molecule has 0 atom stereocenters. The van der Waals surface area contributed by atoms with Gasteiger partial charge in [0.1, 0.15) is 5.60 Å². The Morgan fingerprint density at radius 1 is 1.24 bits per heavy atom. The number of hydrogen-bond donors (Lipinski definition) is 0. The summed E-state index contributed by atoms with van der Waals surface area (Å²) in [5, 5.41) is 0.888. The number of carbonyl (C=O) groups is 1. The van der Waals surface area contributed by atoms with Gasteiger partial charge in [-0.15, -0.1) is 0 Å². The van der Waals surface area contributed by atoms with E-state index < -0.39 is 5.60 Å². The Bertz CT molecular complexity index is 484. The van der Waals surface area contributed by atoms with E-state index in [9.17, 15) is 4.79 Å². The van der Waals surface area contributed by atoms with Crippen LogP contribution < -0.4 is 0 Å². The van der Waals surface area contributed by atoms with Gasteiger partial charge in [-0.2, -0.15) is 0 Å². The summed E-state index contributed by atoms with van der Waals surface area (Å²) in [5.41, 5.74) is 2.43. The first-order valence-corrected chi connectivity index (χ1v) is 8.84. The quantitative estimate of drug-likeness (QED) is 0.542. The summed E-state index contributed by atoms with van der Waals surface area (Å²) < 4.78 is 5.54. The molecule has 2 rings (SSSR count). The Morgan fingerprint density at radius 3 is 2.29 bits per heavy atom. The molecule has 1 aliphatic rings. The topological polar surface area (TPSA) is 26.3 Å². The second kappa shape index (κ2) is 6.51. The summed E-state index contributed by atoms with van der Waals surface area (Å²) in [4.78, 5) is 11.3. The van der Waals surface area contributed by atoms with Crippen LogP contribution in [0.4, 0.5) is 0 Å². The molecule has 0 saturated heterocycles. The highest BCUT2D eigenvalue weighted by Gasteiger charge is 2.41. The van der Waals surface area contributed by atoms with Crippen molar-refractivity contribution >= 4 is 21.9 Å². The van der Waals surface area contributed by atoms with Crippen LogP contribution in [0, 0.1) is 0 Å². The minimum atomic E-state index is -0.412. The Morgan fingerprint density at radius 2 is 1.81 bits per heavy atom. The van der Waals surface area contributed by atoms with Crippen LogP contribution in [0.2, 0.25) is 0 Å². The van der Waals surface area contributed by atoms with E-state index in [4.69, 9.17) is 4.74 Å². The molecule has 0 aromatic heterocycles. The number of rotatable bonds is 5. The molecule has 1 aromatic carbocycles. The maximum atomic E-state index is 11.3. The number of ether oxygens (including phenoxy) is 1. The normalized spacial score (nSPS) is 17.7. The number of esters is 1. The third-order valence-electron chi connectivity index (χ3n) is 4.47. The fourth-order valence-electron chi connectivity index (χ4n) is 3.81. The van der Waals surface area contributed by atoms with Crippen LogP contribution in [0.15, 0.2) is 24.3 Å². The molecule has 21 heavy (non-hydrogen) atoms. The van der Waals surface area contributed by atoms with Crippen molar-refractivity contribution in [3.05, 3.63) is 35.4 Å². The molecule has 1 fully saturated rings. The molecule has 2 nitrogen and oxygen atoms in total. The van der Waals surface area contributed by atoms with Crippen LogP contribution in [0.5, 0.6) is 0 Å². The van der Waals surface area contributed by atoms with Crippen LogP contribution in [0.25, 0.3) is 0 Å². The standard InChI is InChI=1S/C18H25BrO2/c1-14(20)21-17(2,3)13-18(10-4-5-11-18)16-8-6-15(12-19)7-9-16/h6-9H,4-5,10-13H2,1-3H3. The van der Waals surface area contributed by atoms with Crippen LogP contribution in [-0.4, -0.2) is 11.6 Å². The van der Waals surface area contributed by atoms with Crippen LogP contribution in [0.3, 0.4) is 0 Å². The van der Waals surface area contributed by atoms with Gasteiger partial charge in [0.15, 0.2) is 0 Å². The molecular weight excluding hydrogens is 328 g/mol. The average molecular weight is 353 g/mol. The number of carbonyl (C=O) groups excluding carboxylic acids is 1. The molecule has 116 valence electrons. The highest BCUT2D eigenvalue weighted by atomic mass is 79.9. The zero-order valence-corrected chi connectivity index (χ0v) is 14.8. The van der Waals surface area contributed by atoms with Gasteiger partial charge in [0, 0.05) is 12.3 Å². The molecule has 0 spiro atoms. The third kappa shape index (κ3) is 4.09. The fourth-order valence-corrected chi connectivity index (χ4v) is 4.18. The van der Waals surface area contributed by atoms with Gasteiger partial charge in [-0.25, -0.2) is 0 Å². The summed E-state index contributed by atoms with van der Waals surface area (Å²) in [6.45, 7) is 5.55. The lowest BCUT2D eigenvalue weighted by Gasteiger charge is -2.37. The number of hydrogen-bond acceptors (Lipinski definition) is 2. The molecule has 1 saturated carbocycles. The van der Waals surface area contributed by atoms with Gasteiger partial charge in [0.25, 0.3) is 0 Å². The van der Waals surface area contributed by atoms with E-state index in [1.165, 1.54) is 43.7 Å². The lowest BCUT2D eigenvalue weighted by Crippen LogP contribution is -2.37. The van der Waals surface area contributed by atoms with E-state index in [1.54, 1.807) is 0 Å². The SMILES string of the molecule is CC(=O)OC(C)(C)CC1(c2ccc(CBr)cc2)CCCC1. The van der Waals surface area contributed by atoms with Crippen molar-refractivity contribution in [2.24, 2.45) is 0 Å². The monoisotopic (exact) mass is 352 g/mol. The largest absolute Gasteiger partial charge is 0.460 e. The van der Waals surface area contributed by atoms with Gasteiger partial charge in [0.2, 0.25) is 0 Å². The number of alkyl halides is 1. The third-order valence-corrected chi connectivity index (χ3v) is 5.11. The first kappa shape index (κ1) is 16.5. The van der Waals surface area contributed by atoms with Crippen molar-refractivity contribution < 1.29 is 9.53 Å². The predicted molar refractivity (Wildman–Crippen MR) is 89.7 cm³/mol. The van der Waals surface area contributed by atoms with Crippen molar-refractivity contribution in [3.8, 4) is 0 Å². The molecule has 0 amide bonds. The Kier molecular flexibility index (Phi) is 5.13. The van der Waals surface area contributed by atoms with Crippen molar-refractivity contribution in [2.75, 3.05) is 0 Å². The van der Waals surface area contributed by atoms with Crippen molar-refractivity contribution in [1.29, 1.82) is 0 Å². The lowest BCUT2D eigenvalue weighted by atomic mass is 9.71. The van der Waals surface area contributed by atoms with E-state index in [0.717, 1.165) is 11.8 Å². The van der Waals surface area contributed by atoms with Gasteiger partial charge in [-0.3, -0.25) is 4.79 Å².